The highest BCUT2D eigenvalue weighted by Crippen LogP contribution is 2.17. The predicted molar refractivity (Wildman–Crippen MR) is 119 cm³/mol. The van der Waals surface area contributed by atoms with Gasteiger partial charge in [0.25, 0.3) is 0 Å². The average Bonchev–Trinajstić information content (AvgIpc) is 2.57. The number of anilines is 1. The van der Waals surface area contributed by atoms with Crippen LogP contribution in [0, 0.1) is 5.92 Å². The van der Waals surface area contributed by atoms with Crippen molar-refractivity contribution >= 4 is 35.6 Å². The largest absolute Gasteiger partial charge is 0.491 e. The van der Waals surface area contributed by atoms with Gasteiger partial charge in [0.15, 0.2) is 5.96 Å². The smallest absolute Gasteiger partial charge is 0.193 e. The Morgan fingerprint density at radius 3 is 2.35 bits per heavy atom. The molecule has 1 heterocycles. The molecule has 0 radical (unpaired) electrons. The van der Waals surface area contributed by atoms with E-state index >= 15 is 0 Å². The Balaban J connectivity index is 0.00000338. The fourth-order valence-corrected chi connectivity index (χ4v) is 2.93. The minimum absolute atomic E-state index is 0. The van der Waals surface area contributed by atoms with Gasteiger partial charge < -0.3 is 20.5 Å². The number of hydrogen-bond acceptors (Lipinski definition) is 4. The number of rotatable bonds is 7. The summed E-state index contributed by atoms with van der Waals surface area (Å²) < 4.78 is 11.1. The summed E-state index contributed by atoms with van der Waals surface area (Å²) in [7, 11) is 0. The summed E-state index contributed by atoms with van der Waals surface area (Å²) >= 11 is 0. The molecule has 7 heteroatoms. The van der Waals surface area contributed by atoms with Gasteiger partial charge in [-0.05, 0) is 44.0 Å². The van der Waals surface area contributed by atoms with E-state index in [1.807, 2.05) is 38.1 Å². The summed E-state index contributed by atoms with van der Waals surface area (Å²) in [5.41, 5.74) is 6.97. The van der Waals surface area contributed by atoms with Crippen LogP contribution >= 0.6 is 24.0 Å². The van der Waals surface area contributed by atoms with E-state index in [0.29, 0.717) is 24.5 Å². The van der Waals surface area contributed by atoms with Crippen LogP contribution in [0.4, 0.5) is 5.69 Å². The van der Waals surface area contributed by atoms with Crippen molar-refractivity contribution in [3.05, 3.63) is 24.3 Å². The number of nitrogens with two attached hydrogens (primary N) is 1. The molecule has 0 aliphatic carbocycles. The van der Waals surface area contributed by atoms with Gasteiger partial charge in [-0.15, -0.1) is 24.0 Å². The second-order valence-electron chi connectivity index (χ2n) is 7.00. The van der Waals surface area contributed by atoms with Crippen molar-refractivity contribution in [3.8, 4) is 5.75 Å². The van der Waals surface area contributed by atoms with Crippen LogP contribution < -0.4 is 15.8 Å². The zero-order valence-corrected chi connectivity index (χ0v) is 18.6. The molecule has 2 rings (SSSR count). The van der Waals surface area contributed by atoms with Crippen LogP contribution in [0.25, 0.3) is 0 Å². The third kappa shape index (κ3) is 7.67. The van der Waals surface area contributed by atoms with Crippen LogP contribution in [0.1, 0.15) is 27.7 Å². The van der Waals surface area contributed by atoms with E-state index in [1.165, 1.54) is 0 Å². The van der Waals surface area contributed by atoms with E-state index in [-0.39, 0.29) is 30.1 Å². The highest BCUT2D eigenvalue weighted by Gasteiger charge is 2.23. The normalized spacial score (nSPS) is 17.1. The van der Waals surface area contributed by atoms with Crippen LogP contribution in [0.3, 0.4) is 0 Å². The fourth-order valence-electron chi connectivity index (χ4n) is 2.93. The van der Waals surface area contributed by atoms with Crippen molar-refractivity contribution in [1.29, 1.82) is 0 Å². The molecule has 1 unspecified atom stereocenters. The van der Waals surface area contributed by atoms with Gasteiger partial charge in [0, 0.05) is 24.8 Å². The van der Waals surface area contributed by atoms with E-state index < -0.39 is 0 Å². The number of ether oxygens (including phenoxy) is 2. The summed E-state index contributed by atoms with van der Waals surface area (Å²) in [4.78, 5) is 7.00. The number of benzene rings is 1. The van der Waals surface area contributed by atoms with Crippen molar-refractivity contribution in [1.82, 2.24) is 4.90 Å². The SMILES string of the molecule is CC(C)Oc1ccc(NC(N)=NCC(C(C)C)N2CCOCC2)cc1.I. The van der Waals surface area contributed by atoms with E-state index in [0.717, 1.165) is 37.7 Å². The lowest BCUT2D eigenvalue weighted by atomic mass is 10.0. The van der Waals surface area contributed by atoms with Gasteiger partial charge in [0.2, 0.25) is 0 Å². The third-order valence-corrected chi connectivity index (χ3v) is 4.23. The van der Waals surface area contributed by atoms with Crippen LogP contribution in [0.5, 0.6) is 5.75 Å². The maximum absolute atomic E-state index is 6.07. The van der Waals surface area contributed by atoms with E-state index in [2.05, 4.69) is 29.1 Å². The average molecular weight is 476 g/mol. The van der Waals surface area contributed by atoms with Crippen molar-refractivity contribution in [2.75, 3.05) is 38.2 Å². The minimum atomic E-state index is 0. The lowest BCUT2D eigenvalue weighted by molar-refractivity contribution is 0.00870. The molecule has 0 saturated carbocycles. The summed E-state index contributed by atoms with van der Waals surface area (Å²) in [6.07, 6.45) is 0.165. The van der Waals surface area contributed by atoms with Gasteiger partial charge in [-0.2, -0.15) is 0 Å². The Morgan fingerprint density at radius 1 is 1.19 bits per heavy atom. The van der Waals surface area contributed by atoms with Crippen molar-refractivity contribution in [2.24, 2.45) is 16.6 Å². The molecular formula is C19H33IN4O2. The molecule has 6 nitrogen and oxygen atoms in total. The number of morpholine rings is 1. The van der Waals surface area contributed by atoms with Gasteiger partial charge in [-0.25, -0.2) is 0 Å². The number of nitrogens with zero attached hydrogens (tertiary/aromatic N) is 2. The lowest BCUT2D eigenvalue weighted by Gasteiger charge is -2.36. The van der Waals surface area contributed by atoms with Gasteiger partial charge in [-0.3, -0.25) is 9.89 Å². The molecule has 1 aliphatic heterocycles. The second-order valence-corrected chi connectivity index (χ2v) is 7.00. The number of hydrogen-bond donors (Lipinski definition) is 2. The van der Waals surface area contributed by atoms with Gasteiger partial charge >= 0.3 is 0 Å². The first-order valence-corrected chi connectivity index (χ1v) is 9.11. The topological polar surface area (TPSA) is 72.1 Å². The zero-order valence-electron chi connectivity index (χ0n) is 16.3. The Labute approximate surface area is 174 Å². The van der Waals surface area contributed by atoms with Crippen LogP contribution in [-0.4, -0.2) is 55.9 Å². The third-order valence-electron chi connectivity index (χ3n) is 4.23. The van der Waals surface area contributed by atoms with Crippen LogP contribution in [-0.2, 0) is 4.74 Å². The highest BCUT2D eigenvalue weighted by atomic mass is 127. The Kier molecular flexibility index (Phi) is 10.3. The van der Waals surface area contributed by atoms with Gasteiger partial charge in [-0.1, -0.05) is 13.8 Å². The molecule has 1 aliphatic rings. The number of halogens is 1. The van der Waals surface area contributed by atoms with Crippen molar-refractivity contribution < 1.29 is 9.47 Å². The van der Waals surface area contributed by atoms with E-state index in [1.54, 1.807) is 0 Å². The molecule has 1 atom stereocenters. The minimum Gasteiger partial charge on any atom is -0.491 e. The summed E-state index contributed by atoms with van der Waals surface area (Å²) in [5.74, 6) is 1.81. The number of guanidine groups is 1. The first kappa shape index (κ1) is 23.0. The molecule has 1 aromatic carbocycles. The van der Waals surface area contributed by atoms with Crippen molar-refractivity contribution in [2.45, 2.75) is 39.8 Å². The molecule has 1 aromatic rings. The summed E-state index contributed by atoms with van der Waals surface area (Å²) in [6, 6.07) is 8.14. The summed E-state index contributed by atoms with van der Waals surface area (Å²) in [6.45, 7) is 12.7. The van der Waals surface area contributed by atoms with E-state index in [4.69, 9.17) is 15.2 Å². The molecule has 1 fully saturated rings. The Morgan fingerprint density at radius 2 is 1.81 bits per heavy atom. The number of aliphatic imine (C=N–C) groups is 1. The quantitative estimate of drug-likeness (QED) is 0.360. The first-order valence-electron chi connectivity index (χ1n) is 9.11. The Bertz CT molecular complexity index is 543. The molecule has 0 bridgehead atoms. The van der Waals surface area contributed by atoms with E-state index in [9.17, 15) is 0 Å². The molecule has 148 valence electrons. The molecule has 26 heavy (non-hydrogen) atoms. The first-order chi connectivity index (χ1) is 12.0. The highest BCUT2D eigenvalue weighted by molar-refractivity contribution is 14.0. The second kappa shape index (κ2) is 11.6. The maximum Gasteiger partial charge on any atom is 0.193 e. The monoisotopic (exact) mass is 476 g/mol. The van der Waals surface area contributed by atoms with Gasteiger partial charge in [0.1, 0.15) is 5.75 Å². The van der Waals surface area contributed by atoms with Crippen LogP contribution in [0.15, 0.2) is 29.3 Å². The molecule has 3 N–H and O–H groups in total. The molecule has 1 saturated heterocycles. The Hall–Kier alpha value is -1.06. The zero-order chi connectivity index (χ0) is 18.2. The molecule has 0 spiro atoms. The summed E-state index contributed by atoms with van der Waals surface area (Å²) in [5, 5.41) is 3.15. The lowest BCUT2D eigenvalue weighted by Crippen LogP contribution is -2.47. The fraction of sp³-hybridized carbons (Fsp3) is 0.632. The molecule has 0 amide bonds. The van der Waals surface area contributed by atoms with Crippen molar-refractivity contribution in [3.63, 3.8) is 0 Å². The number of nitrogens with one attached hydrogen (secondary N) is 1. The molecule has 0 aromatic heterocycles. The molecular weight excluding hydrogens is 443 g/mol. The van der Waals surface area contributed by atoms with Crippen LogP contribution in [0.2, 0.25) is 0 Å². The maximum atomic E-state index is 6.07. The predicted octanol–water partition coefficient (Wildman–Crippen LogP) is 3.18. The van der Waals surface area contributed by atoms with Gasteiger partial charge in [0.05, 0.1) is 25.9 Å². The standard InChI is InChI=1S/C19H32N4O2.HI/c1-14(2)18(23-9-11-24-12-10-23)13-21-19(20)22-16-5-7-17(8-6-16)25-15(3)4;/h5-8,14-15,18H,9-13H2,1-4H3,(H3,20,21,22);1H.